The van der Waals surface area contributed by atoms with Gasteiger partial charge in [-0.05, 0) is 42.3 Å². The summed E-state index contributed by atoms with van der Waals surface area (Å²) in [5.74, 6) is -1.33. The van der Waals surface area contributed by atoms with E-state index in [0.29, 0.717) is 11.4 Å². The Kier molecular flexibility index (Phi) is 7.55. The van der Waals surface area contributed by atoms with E-state index in [1.165, 1.54) is 12.1 Å². The third-order valence-electron chi connectivity index (χ3n) is 4.57. The van der Waals surface area contributed by atoms with E-state index in [1.807, 2.05) is 18.2 Å². The molecule has 1 heterocycles. The van der Waals surface area contributed by atoms with E-state index in [9.17, 15) is 17.6 Å². The first-order valence-electron chi connectivity index (χ1n) is 9.97. The Morgan fingerprint density at radius 1 is 1.06 bits per heavy atom. The van der Waals surface area contributed by atoms with E-state index in [-0.39, 0.29) is 12.5 Å². The molecular weight excluding hydrogens is 433 g/mol. The smallest absolute Gasteiger partial charge is 0.244 e. The molecule has 0 aliphatic rings. The number of anilines is 1. The Labute approximate surface area is 186 Å². The van der Waals surface area contributed by atoms with Crippen molar-refractivity contribution in [1.82, 2.24) is 9.71 Å². The summed E-state index contributed by atoms with van der Waals surface area (Å²) in [5, 5.41) is 2.70. The van der Waals surface area contributed by atoms with Crippen molar-refractivity contribution >= 4 is 21.6 Å². The zero-order chi connectivity index (χ0) is 23.1. The van der Waals surface area contributed by atoms with Gasteiger partial charge in [0.05, 0.1) is 5.69 Å². The molecule has 1 amide bonds. The number of halogens is 1. The predicted molar refractivity (Wildman–Crippen MR) is 119 cm³/mol. The topological polar surface area (TPSA) is 97.4 Å². The third kappa shape index (κ3) is 6.12. The Hall–Kier alpha value is -3.30. The van der Waals surface area contributed by atoms with Crippen molar-refractivity contribution in [2.45, 2.75) is 31.4 Å². The molecule has 1 atom stereocenters. The molecule has 2 aromatic carbocycles. The highest BCUT2D eigenvalue weighted by Gasteiger charge is 2.30. The number of amides is 1. The van der Waals surface area contributed by atoms with Crippen LogP contribution in [0.2, 0.25) is 0 Å². The van der Waals surface area contributed by atoms with Crippen molar-refractivity contribution in [2.75, 3.05) is 5.32 Å². The number of nitrogens with one attached hydrogen (secondary N) is 2. The Bertz CT molecular complexity index is 1170. The molecule has 0 fully saturated rings. The van der Waals surface area contributed by atoms with Crippen molar-refractivity contribution in [2.24, 2.45) is 5.92 Å². The first-order chi connectivity index (χ1) is 15.3. The number of ether oxygens (including phenoxy) is 1. The summed E-state index contributed by atoms with van der Waals surface area (Å²) in [6.45, 7) is 3.65. The van der Waals surface area contributed by atoms with E-state index >= 15 is 0 Å². The van der Waals surface area contributed by atoms with Crippen LogP contribution in [-0.2, 0) is 21.4 Å². The van der Waals surface area contributed by atoms with Gasteiger partial charge in [-0.25, -0.2) is 12.8 Å². The van der Waals surface area contributed by atoms with Gasteiger partial charge in [-0.1, -0.05) is 38.1 Å². The summed E-state index contributed by atoms with van der Waals surface area (Å²) < 4.78 is 47.3. The van der Waals surface area contributed by atoms with Crippen LogP contribution in [0.1, 0.15) is 19.5 Å². The van der Waals surface area contributed by atoms with Crippen molar-refractivity contribution in [1.29, 1.82) is 0 Å². The fourth-order valence-corrected chi connectivity index (χ4v) is 4.33. The molecule has 32 heavy (non-hydrogen) atoms. The predicted octanol–water partition coefficient (Wildman–Crippen LogP) is 3.74. The zero-order valence-electron chi connectivity index (χ0n) is 17.7. The number of hydrogen-bond acceptors (Lipinski definition) is 5. The normalized spacial score (nSPS) is 12.4. The lowest BCUT2D eigenvalue weighted by Gasteiger charge is -2.22. The van der Waals surface area contributed by atoms with Gasteiger partial charge in [0, 0.05) is 18.0 Å². The molecule has 0 spiro atoms. The maximum absolute atomic E-state index is 14.0. The lowest BCUT2D eigenvalue weighted by Crippen LogP contribution is -2.47. The van der Waals surface area contributed by atoms with Gasteiger partial charge < -0.3 is 10.1 Å². The number of pyridine rings is 1. The van der Waals surface area contributed by atoms with Crippen LogP contribution in [0, 0.1) is 11.7 Å². The molecule has 3 aromatic rings. The Morgan fingerprint density at radius 3 is 2.50 bits per heavy atom. The molecular formula is C23H24FN3O4S. The maximum atomic E-state index is 14.0. The van der Waals surface area contributed by atoms with Crippen molar-refractivity contribution in [3.63, 3.8) is 0 Å². The Morgan fingerprint density at radius 2 is 1.81 bits per heavy atom. The van der Waals surface area contributed by atoms with Crippen LogP contribution in [0.5, 0.6) is 5.75 Å². The van der Waals surface area contributed by atoms with E-state index in [2.05, 4.69) is 15.0 Å². The number of benzene rings is 2. The van der Waals surface area contributed by atoms with Crippen LogP contribution in [0.4, 0.5) is 10.1 Å². The molecule has 168 valence electrons. The van der Waals surface area contributed by atoms with Crippen LogP contribution in [0.3, 0.4) is 0 Å². The second-order valence-electron chi connectivity index (χ2n) is 7.40. The molecule has 0 radical (unpaired) electrons. The molecule has 0 saturated carbocycles. The molecule has 9 heteroatoms. The summed E-state index contributed by atoms with van der Waals surface area (Å²) in [4.78, 5) is 16.5. The van der Waals surface area contributed by atoms with E-state index in [0.717, 1.165) is 17.8 Å². The number of rotatable bonds is 9. The quantitative estimate of drug-likeness (QED) is 0.510. The van der Waals surface area contributed by atoms with Crippen molar-refractivity contribution in [3.8, 4) is 5.75 Å². The summed E-state index contributed by atoms with van der Waals surface area (Å²) in [5.41, 5.74) is 1.19. The fourth-order valence-electron chi connectivity index (χ4n) is 2.91. The lowest BCUT2D eigenvalue weighted by molar-refractivity contribution is -0.118. The SMILES string of the molecule is CC(C)[C@H](NS(=O)(=O)c1ccccc1F)C(=O)Nc1cccc(OCc2ccccn2)c1. The molecule has 3 rings (SSSR count). The van der Waals surface area contributed by atoms with Crippen molar-refractivity contribution in [3.05, 3.63) is 84.4 Å². The van der Waals surface area contributed by atoms with Gasteiger partial charge >= 0.3 is 0 Å². The van der Waals surface area contributed by atoms with Crippen LogP contribution < -0.4 is 14.8 Å². The van der Waals surface area contributed by atoms with Gasteiger partial charge in [0.15, 0.2) is 0 Å². The second kappa shape index (κ2) is 10.3. The van der Waals surface area contributed by atoms with E-state index in [1.54, 1.807) is 44.3 Å². The maximum Gasteiger partial charge on any atom is 0.244 e. The largest absolute Gasteiger partial charge is 0.487 e. The monoisotopic (exact) mass is 457 g/mol. The fraction of sp³-hybridized carbons (Fsp3) is 0.217. The number of aromatic nitrogens is 1. The van der Waals surface area contributed by atoms with Crippen molar-refractivity contribution < 1.29 is 22.3 Å². The zero-order valence-corrected chi connectivity index (χ0v) is 18.5. The number of nitrogens with zero attached hydrogens (tertiary/aromatic N) is 1. The average molecular weight is 458 g/mol. The highest BCUT2D eigenvalue weighted by atomic mass is 32.2. The molecule has 7 nitrogen and oxygen atoms in total. The van der Waals surface area contributed by atoms with Gasteiger partial charge in [-0.15, -0.1) is 0 Å². The van der Waals surface area contributed by atoms with E-state index in [4.69, 9.17) is 4.74 Å². The van der Waals surface area contributed by atoms with Crippen LogP contribution >= 0.6 is 0 Å². The van der Waals surface area contributed by atoms with Gasteiger partial charge in [0.25, 0.3) is 0 Å². The Balaban J connectivity index is 1.70. The molecule has 0 aliphatic heterocycles. The number of carbonyl (C=O) groups is 1. The number of hydrogen-bond donors (Lipinski definition) is 2. The highest BCUT2D eigenvalue weighted by molar-refractivity contribution is 7.89. The molecule has 1 aromatic heterocycles. The third-order valence-corrected chi connectivity index (χ3v) is 6.05. The standard InChI is InChI=1S/C23H24FN3O4S/c1-16(2)22(27-32(29,30)21-12-4-3-11-20(21)24)23(28)26-17-9-7-10-19(14-17)31-15-18-8-5-6-13-25-18/h3-14,16,22,27H,15H2,1-2H3,(H,26,28)/t22-/m0/s1. The molecule has 0 aliphatic carbocycles. The molecule has 0 saturated heterocycles. The summed E-state index contributed by atoms with van der Waals surface area (Å²) in [7, 11) is -4.24. The minimum Gasteiger partial charge on any atom is -0.487 e. The van der Waals surface area contributed by atoms with E-state index < -0.39 is 32.7 Å². The number of carbonyl (C=O) groups excluding carboxylic acids is 1. The van der Waals surface area contributed by atoms with Gasteiger partial charge in [-0.3, -0.25) is 9.78 Å². The van der Waals surface area contributed by atoms with Crippen LogP contribution in [0.15, 0.2) is 77.8 Å². The lowest BCUT2D eigenvalue weighted by atomic mass is 10.0. The van der Waals surface area contributed by atoms with Gasteiger partial charge in [0.2, 0.25) is 15.9 Å². The highest BCUT2D eigenvalue weighted by Crippen LogP contribution is 2.20. The summed E-state index contributed by atoms with van der Waals surface area (Å²) in [6.07, 6.45) is 1.67. The summed E-state index contributed by atoms with van der Waals surface area (Å²) in [6, 6.07) is 16.1. The van der Waals surface area contributed by atoms with Crippen LogP contribution in [-0.4, -0.2) is 25.4 Å². The second-order valence-corrected chi connectivity index (χ2v) is 9.08. The first-order valence-corrected chi connectivity index (χ1v) is 11.4. The molecule has 2 N–H and O–H groups in total. The average Bonchev–Trinajstić information content (AvgIpc) is 2.77. The summed E-state index contributed by atoms with van der Waals surface area (Å²) >= 11 is 0. The van der Waals surface area contributed by atoms with Gasteiger partial charge in [0.1, 0.15) is 29.1 Å². The number of sulfonamides is 1. The minimum atomic E-state index is -4.24. The molecule has 0 unspecified atom stereocenters. The van der Waals surface area contributed by atoms with Gasteiger partial charge in [-0.2, -0.15) is 4.72 Å². The van der Waals surface area contributed by atoms with Crippen LogP contribution in [0.25, 0.3) is 0 Å². The molecule has 0 bridgehead atoms. The minimum absolute atomic E-state index is 0.259. The first kappa shape index (κ1) is 23.4.